The van der Waals surface area contributed by atoms with Crippen LogP contribution in [0.15, 0.2) is 36.4 Å². The fourth-order valence-corrected chi connectivity index (χ4v) is 3.16. The molecule has 0 aromatic heterocycles. The van der Waals surface area contributed by atoms with E-state index in [4.69, 9.17) is 0 Å². The highest BCUT2D eigenvalue weighted by atomic mass is 35.5. The number of rotatable bonds is 4. The minimum absolute atomic E-state index is 0. The van der Waals surface area contributed by atoms with Gasteiger partial charge in [0.05, 0.1) is 11.3 Å². The summed E-state index contributed by atoms with van der Waals surface area (Å²) in [4.78, 5) is 12.4. The van der Waals surface area contributed by atoms with Crippen molar-refractivity contribution in [3.8, 4) is 0 Å². The maximum Gasteiger partial charge on any atom is 0.416 e. The van der Waals surface area contributed by atoms with Crippen LogP contribution in [0.5, 0.6) is 0 Å². The quantitative estimate of drug-likeness (QED) is 0.707. The monoisotopic (exact) mass is 416 g/mol. The number of carbonyl (C=O) groups excluding carboxylic acids is 1. The summed E-state index contributed by atoms with van der Waals surface area (Å²) in [6.45, 7) is 2.95. The van der Waals surface area contributed by atoms with E-state index in [9.17, 15) is 22.4 Å². The molecule has 0 bridgehead atoms. The summed E-state index contributed by atoms with van der Waals surface area (Å²) in [5.41, 5.74) is 1.52. The molecule has 1 amide bonds. The number of hydrogen-bond donors (Lipinski definition) is 2. The van der Waals surface area contributed by atoms with Gasteiger partial charge >= 0.3 is 6.18 Å². The van der Waals surface area contributed by atoms with Crippen LogP contribution in [0.25, 0.3) is 0 Å². The Morgan fingerprint density at radius 3 is 2.50 bits per heavy atom. The van der Waals surface area contributed by atoms with Gasteiger partial charge in [0, 0.05) is 12.5 Å². The van der Waals surface area contributed by atoms with Gasteiger partial charge in [-0.25, -0.2) is 4.39 Å². The number of hydrogen-bond acceptors (Lipinski definition) is 2. The minimum atomic E-state index is -4.39. The second-order valence-corrected chi connectivity index (χ2v) is 6.78. The van der Waals surface area contributed by atoms with Gasteiger partial charge in [0.25, 0.3) is 0 Å². The highest BCUT2D eigenvalue weighted by Gasteiger charge is 2.30. The van der Waals surface area contributed by atoms with Crippen LogP contribution < -0.4 is 10.6 Å². The first-order valence-electron chi connectivity index (χ1n) is 8.73. The minimum Gasteiger partial charge on any atom is -0.323 e. The molecule has 1 aliphatic rings. The third kappa shape index (κ3) is 5.02. The van der Waals surface area contributed by atoms with E-state index in [1.807, 2.05) is 0 Å². The van der Waals surface area contributed by atoms with Gasteiger partial charge in [-0.15, -0.1) is 12.4 Å². The molecule has 28 heavy (non-hydrogen) atoms. The lowest BCUT2D eigenvalue weighted by Crippen LogP contribution is -2.26. The van der Waals surface area contributed by atoms with Crippen molar-refractivity contribution >= 4 is 24.0 Å². The van der Waals surface area contributed by atoms with Crippen LogP contribution >= 0.6 is 12.4 Å². The van der Waals surface area contributed by atoms with Crippen molar-refractivity contribution in [2.45, 2.75) is 32.5 Å². The normalized spacial score (nSPS) is 14.6. The topological polar surface area (TPSA) is 41.1 Å². The maximum absolute atomic E-state index is 14.6. The fourth-order valence-electron chi connectivity index (χ4n) is 3.16. The lowest BCUT2D eigenvalue weighted by molar-refractivity contribution is -0.137. The lowest BCUT2D eigenvalue weighted by atomic mass is 9.98. The molecule has 0 fully saturated rings. The molecule has 3 nitrogen and oxygen atoms in total. The number of fused-ring (bicyclic) bond motifs is 1. The third-order valence-corrected chi connectivity index (χ3v) is 4.74. The first-order chi connectivity index (χ1) is 12.8. The molecule has 1 unspecified atom stereocenters. The van der Waals surface area contributed by atoms with E-state index in [-0.39, 0.29) is 30.4 Å². The summed E-state index contributed by atoms with van der Waals surface area (Å²) in [7, 11) is 0. The predicted octanol–water partition coefficient (Wildman–Crippen LogP) is 4.73. The number of nitrogens with one attached hydrogen (secondary N) is 2. The first-order valence-corrected chi connectivity index (χ1v) is 8.73. The Morgan fingerprint density at radius 1 is 1.18 bits per heavy atom. The molecule has 3 rings (SSSR count). The van der Waals surface area contributed by atoms with E-state index in [2.05, 4.69) is 10.6 Å². The molecule has 0 saturated carbocycles. The molecule has 1 atom stereocenters. The van der Waals surface area contributed by atoms with Gasteiger partial charge < -0.3 is 10.6 Å². The Morgan fingerprint density at radius 2 is 1.86 bits per heavy atom. The van der Waals surface area contributed by atoms with Crippen molar-refractivity contribution in [3.05, 3.63) is 64.5 Å². The van der Waals surface area contributed by atoms with Crippen LogP contribution in [0.2, 0.25) is 0 Å². The molecule has 1 heterocycles. The van der Waals surface area contributed by atoms with Crippen LogP contribution in [0.3, 0.4) is 0 Å². The van der Waals surface area contributed by atoms with Gasteiger partial charge in [0.2, 0.25) is 5.91 Å². The van der Waals surface area contributed by atoms with Crippen molar-refractivity contribution in [1.82, 2.24) is 5.32 Å². The number of alkyl halides is 3. The SMILES string of the molecule is CC(Cc1ccc(C(F)(F)F)cc1)C(=O)Nc1ccc2c(c1F)CCNC2.Cl. The smallest absolute Gasteiger partial charge is 0.323 e. The molecular formula is C20H21ClF4N2O. The molecule has 1 aliphatic heterocycles. The Balaban J connectivity index is 0.00000280. The average Bonchev–Trinajstić information content (AvgIpc) is 2.64. The molecule has 2 aromatic rings. The standard InChI is InChI=1S/C20H20F4N2O.ClH/c1-12(10-13-2-5-15(6-3-13)20(22,23)24)19(27)26-17-7-4-14-11-25-9-8-16(14)18(17)21;/h2-7,12,25H,8-11H2,1H3,(H,26,27);1H. The second-order valence-electron chi connectivity index (χ2n) is 6.78. The molecule has 0 saturated heterocycles. The molecule has 8 heteroatoms. The van der Waals surface area contributed by atoms with Gasteiger partial charge in [-0.3, -0.25) is 4.79 Å². The van der Waals surface area contributed by atoms with Crippen molar-refractivity contribution in [3.63, 3.8) is 0 Å². The molecular weight excluding hydrogens is 396 g/mol. The van der Waals surface area contributed by atoms with Crippen molar-refractivity contribution in [2.75, 3.05) is 11.9 Å². The molecule has 152 valence electrons. The van der Waals surface area contributed by atoms with Gasteiger partial charge in [-0.1, -0.05) is 25.1 Å². The Labute approximate surface area is 166 Å². The second kappa shape index (κ2) is 8.92. The number of amides is 1. The Kier molecular flexibility index (Phi) is 7.06. The molecule has 2 N–H and O–H groups in total. The molecule has 0 spiro atoms. The zero-order valence-corrected chi connectivity index (χ0v) is 16.0. The third-order valence-electron chi connectivity index (χ3n) is 4.74. The zero-order valence-electron chi connectivity index (χ0n) is 15.2. The van der Waals surface area contributed by atoms with Crippen LogP contribution in [-0.2, 0) is 30.4 Å². The summed E-state index contributed by atoms with van der Waals surface area (Å²) >= 11 is 0. The van der Waals surface area contributed by atoms with Crippen LogP contribution in [0.4, 0.5) is 23.2 Å². The van der Waals surface area contributed by atoms with E-state index in [0.717, 1.165) is 17.7 Å². The number of halogens is 5. The predicted molar refractivity (Wildman–Crippen MR) is 102 cm³/mol. The van der Waals surface area contributed by atoms with E-state index in [1.54, 1.807) is 19.1 Å². The molecule has 0 radical (unpaired) electrons. The van der Waals surface area contributed by atoms with Gasteiger partial charge in [-0.2, -0.15) is 13.2 Å². The highest BCUT2D eigenvalue weighted by Crippen LogP contribution is 2.29. The number of carbonyl (C=O) groups is 1. The fraction of sp³-hybridized carbons (Fsp3) is 0.350. The van der Waals surface area contributed by atoms with Gasteiger partial charge in [0.15, 0.2) is 0 Å². The average molecular weight is 417 g/mol. The van der Waals surface area contributed by atoms with Gasteiger partial charge in [-0.05, 0) is 54.3 Å². The number of benzene rings is 2. The summed E-state index contributed by atoms with van der Waals surface area (Å²) < 4.78 is 52.4. The molecule has 2 aromatic carbocycles. The van der Waals surface area contributed by atoms with E-state index in [1.165, 1.54) is 12.1 Å². The van der Waals surface area contributed by atoms with E-state index < -0.39 is 23.5 Å². The number of anilines is 1. The Bertz CT molecular complexity index is 837. The van der Waals surface area contributed by atoms with Crippen LogP contribution in [0.1, 0.15) is 29.2 Å². The summed E-state index contributed by atoms with van der Waals surface area (Å²) in [5, 5.41) is 5.76. The summed E-state index contributed by atoms with van der Waals surface area (Å²) in [5.74, 6) is -1.30. The van der Waals surface area contributed by atoms with E-state index in [0.29, 0.717) is 30.6 Å². The first kappa shape index (κ1) is 22.2. The highest BCUT2D eigenvalue weighted by molar-refractivity contribution is 5.92. The van der Waals surface area contributed by atoms with Crippen LogP contribution in [0, 0.1) is 11.7 Å². The zero-order chi connectivity index (χ0) is 19.6. The van der Waals surface area contributed by atoms with Crippen molar-refractivity contribution < 1.29 is 22.4 Å². The largest absolute Gasteiger partial charge is 0.416 e. The summed E-state index contributed by atoms with van der Waals surface area (Å²) in [6, 6.07) is 8.05. The van der Waals surface area contributed by atoms with E-state index >= 15 is 0 Å². The Hall–Kier alpha value is -2.12. The van der Waals surface area contributed by atoms with Gasteiger partial charge in [0.1, 0.15) is 5.82 Å². The van der Waals surface area contributed by atoms with Crippen molar-refractivity contribution in [2.24, 2.45) is 5.92 Å². The summed E-state index contributed by atoms with van der Waals surface area (Å²) in [6.07, 6.45) is -3.56. The maximum atomic E-state index is 14.6. The lowest BCUT2D eigenvalue weighted by Gasteiger charge is -2.20. The van der Waals surface area contributed by atoms with Crippen molar-refractivity contribution in [1.29, 1.82) is 0 Å². The van der Waals surface area contributed by atoms with Crippen LogP contribution in [-0.4, -0.2) is 12.5 Å². The molecule has 0 aliphatic carbocycles.